The molecule has 3 aromatic rings. The molecule has 0 bridgehead atoms. The van der Waals surface area contributed by atoms with Crippen molar-refractivity contribution in [2.45, 2.75) is 59.4 Å². The molecule has 0 spiro atoms. The summed E-state index contributed by atoms with van der Waals surface area (Å²) in [6, 6.07) is 10.5. The third-order valence-corrected chi connectivity index (χ3v) is 5.83. The van der Waals surface area contributed by atoms with Crippen LogP contribution < -0.4 is 10.1 Å². The molecule has 0 aliphatic rings. The first-order valence-electron chi connectivity index (χ1n) is 12.5. The minimum absolute atomic E-state index is 0.00790. The lowest BCUT2D eigenvalue weighted by Crippen LogP contribution is -2.32. The predicted molar refractivity (Wildman–Crippen MR) is 143 cm³/mol. The van der Waals surface area contributed by atoms with Gasteiger partial charge >= 0.3 is 5.97 Å². The standard InChI is InChI=1S/C28H34N4O6/c1-5-6-13-38-24-12-9-19(14-21(24)27(34)35)22(31-26(33)16-28(2,3)4)15-25-29-17-23(30-25)18-7-10-20(11-8-18)32(36)37/h7-12,14,17,22H,5-6,13,15-16H2,1-4H3,(H,29,30)(H,31,33)(H,34,35). The number of imidazole rings is 1. The van der Waals surface area contributed by atoms with Crippen LogP contribution in [0.25, 0.3) is 11.3 Å². The van der Waals surface area contributed by atoms with Crippen LogP contribution in [0.4, 0.5) is 5.69 Å². The van der Waals surface area contributed by atoms with E-state index in [1.165, 1.54) is 18.2 Å². The summed E-state index contributed by atoms with van der Waals surface area (Å²) in [5.74, 6) is -0.422. The number of hydrogen-bond acceptors (Lipinski definition) is 6. The van der Waals surface area contributed by atoms with Crippen LogP contribution in [0, 0.1) is 15.5 Å². The number of nitrogens with one attached hydrogen (secondary N) is 2. The zero-order valence-corrected chi connectivity index (χ0v) is 22.1. The van der Waals surface area contributed by atoms with E-state index in [9.17, 15) is 24.8 Å². The molecule has 10 heteroatoms. The maximum absolute atomic E-state index is 12.9. The average Bonchev–Trinajstić information content (AvgIpc) is 3.31. The van der Waals surface area contributed by atoms with Crippen molar-refractivity contribution in [3.05, 3.63) is 75.7 Å². The quantitative estimate of drug-likeness (QED) is 0.157. The summed E-state index contributed by atoms with van der Waals surface area (Å²) >= 11 is 0. The molecule has 0 aliphatic carbocycles. The number of non-ortho nitro benzene ring substituents is 1. The third kappa shape index (κ3) is 7.89. The molecule has 0 aliphatic heterocycles. The molecule has 0 fully saturated rings. The molecule has 38 heavy (non-hydrogen) atoms. The normalized spacial score (nSPS) is 12.1. The molecular formula is C28H34N4O6. The van der Waals surface area contributed by atoms with Crippen molar-refractivity contribution in [1.29, 1.82) is 0 Å². The molecule has 0 saturated carbocycles. The number of carboxylic acid groups (broad SMARTS) is 1. The van der Waals surface area contributed by atoms with Crippen molar-refractivity contribution in [3.8, 4) is 17.0 Å². The first-order chi connectivity index (χ1) is 18.0. The topological polar surface area (TPSA) is 147 Å². The number of rotatable bonds is 12. The van der Waals surface area contributed by atoms with Gasteiger partial charge in [0.25, 0.3) is 5.69 Å². The molecule has 1 unspecified atom stereocenters. The van der Waals surface area contributed by atoms with Crippen LogP contribution in [0.1, 0.15) is 74.7 Å². The summed E-state index contributed by atoms with van der Waals surface area (Å²) in [7, 11) is 0. The highest BCUT2D eigenvalue weighted by molar-refractivity contribution is 5.91. The monoisotopic (exact) mass is 522 g/mol. The van der Waals surface area contributed by atoms with E-state index in [-0.39, 0.29) is 34.7 Å². The van der Waals surface area contributed by atoms with Crippen LogP contribution >= 0.6 is 0 Å². The van der Waals surface area contributed by atoms with Crippen LogP contribution in [-0.4, -0.2) is 38.5 Å². The number of unbranched alkanes of at least 4 members (excludes halogenated alkanes) is 1. The van der Waals surface area contributed by atoms with Gasteiger partial charge in [-0.1, -0.05) is 40.2 Å². The van der Waals surface area contributed by atoms with Gasteiger partial charge < -0.3 is 20.1 Å². The van der Waals surface area contributed by atoms with E-state index >= 15 is 0 Å². The summed E-state index contributed by atoms with van der Waals surface area (Å²) in [5.41, 5.74) is 1.79. The number of nitro benzene ring substituents is 1. The molecule has 1 aromatic heterocycles. The van der Waals surface area contributed by atoms with Crippen molar-refractivity contribution in [1.82, 2.24) is 15.3 Å². The average molecular weight is 523 g/mol. The number of carbonyl (C=O) groups excluding carboxylic acids is 1. The summed E-state index contributed by atoms with van der Waals surface area (Å²) in [5, 5.41) is 23.8. The fourth-order valence-electron chi connectivity index (χ4n) is 3.93. The van der Waals surface area contributed by atoms with Crippen LogP contribution in [-0.2, 0) is 11.2 Å². The van der Waals surface area contributed by atoms with Gasteiger partial charge in [0.1, 0.15) is 17.1 Å². The molecule has 3 rings (SSSR count). The Morgan fingerprint density at radius 1 is 1.18 bits per heavy atom. The van der Waals surface area contributed by atoms with E-state index in [4.69, 9.17) is 4.74 Å². The van der Waals surface area contributed by atoms with Gasteiger partial charge in [0.15, 0.2) is 0 Å². The van der Waals surface area contributed by atoms with Gasteiger partial charge in [0.2, 0.25) is 5.91 Å². The second-order valence-electron chi connectivity index (χ2n) is 10.4. The Bertz CT molecular complexity index is 1280. The molecule has 2 aromatic carbocycles. The second-order valence-corrected chi connectivity index (χ2v) is 10.4. The minimum Gasteiger partial charge on any atom is -0.493 e. The van der Waals surface area contributed by atoms with Crippen molar-refractivity contribution >= 4 is 17.6 Å². The van der Waals surface area contributed by atoms with Gasteiger partial charge in [0, 0.05) is 30.5 Å². The number of amides is 1. The Morgan fingerprint density at radius 2 is 1.89 bits per heavy atom. The van der Waals surface area contributed by atoms with Gasteiger partial charge in [-0.15, -0.1) is 0 Å². The highest BCUT2D eigenvalue weighted by Crippen LogP contribution is 2.28. The predicted octanol–water partition coefficient (Wildman–Crippen LogP) is 5.70. The summed E-state index contributed by atoms with van der Waals surface area (Å²) in [6.07, 6.45) is 3.92. The number of aromatic nitrogens is 2. The first kappa shape index (κ1) is 28.4. The SMILES string of the molecule is CCCCOc1ccc(C(Cc2ncc(-c3ccc([N+](=O)[O-])cc3)[nH]2)NC(=O)CC(C)(C)C)cc1C(=O)O. The van der Waals surface area contributed by atoms with Crippen LogP contribution in [0.15, 0.2) is 48.7 Å². The molecule has 202 valence electrons. The molecule has 10 nitrogen and oxygen atoms in total. The zero-order chi connectivity index (χ0) is 27.9. The van der Waals surface area contributed by atoms with E-state index < -0.39 is 16.9 Å². The Labute approximate surface area is 221 Å². The number of ether oxygens (including phenoxy) is 1. The largest absolute Gasteiger partial charge is 0.493 e. The number of aromatic amines is 1. The summed E-state index contributed by atoms with van der Waals surface area (Å²) in [6.45, 7) is 8.34. The summed E-state index contributed by atoms with van der Waals surface area (Å²) in [4.78, 5) is 43.0. The molecule has 0 saturated heterocycles. The van der Waals surface area contributed by atoms with E-state index in [0.717, 1.165) is 18.4 Å². The van der Waals surface area contributed by atoms with E-state index in [0.29, 0.717) is 30.1 Å². The van der Waals surface area contributed by atoms with Crippen LogP contribution in [0.5, 0.6) is 5.75 Å². The third-order valence-electron chi connectivity index (χ3n) is 5.83. The maximum Gasteiger partial charge on any atom is 0.339 e. The number of nitro groups is 1. The molecule has 0 radical (unpaired) electrons. The highest BCUT2D eigenvalue weighted by atomic mass is 16.6. The fourth-order valence-corrected chi connectivity index (χ4v) is 3.93. The fraction of sp³-hybridized carbons (Fsp3) is 0.393. The van der Waals surface area contributed by atoms with Crippen molar-refractivity contribution in [3.63, 3.8) is 0 Å². The van der Waals surface area contributed by atoms with Gasteiger partial charge in [-0.3, -0.25) is 14.9 Å². The highest BCUT2D eigenvalue weighted by Gasteiger charge is 2.23. The number of hydrogen-bond donors (Lipinski definition) is 3. The van der Waals surface area contributed by atoms with Crippen molar-refractivity contribution in [2.24, 2.45) is 5.41 Å². The van der Waals surface area contributed by atoms with Crippen LogP contribution in [0.2, 0.25) is 0 Å². The molecular weight excluding hydrogens is 488 g/mol. The Morgan fingerprint density at radius 3 is 2.50 bits per heavy atom. The van der Waals surface area contributed by atoms with Gasteiger partial charge in [-0.25, -0.2) is 9.78 Å². The minimum atomic E-state index is -1.11. The molecule has 1 amide bonds. The molecule has 3 N–H and O–H groups in total. The lowest BCUT2D eigenvalue weighted by atomic mass is 9.91. The van der Waals surface area contributed by atoms with Crippen molar-refractivity contribution in [2.75, 3.05) is 6.61 Å². The Hall–Kier alpha value is -4.21. The van der Waals surface area contributed by atoms with Crippen LogP contribution in [0.3, 0.4) is 0 Å². The van der Waals surface area contributed by atoms with E-state index in [1.807, 2.05) is 27.7 Å². The number of carbonyl (C=O) groups is 2. The molecule has 1 atom stereocenters. The Kier molecular flexibility index (Phi) is 9.22. The van der Waals surface area contributed by atoms with Gasteiger partial charge in [-0.05, 0) is 41.7 Å². The number of nitrogens with zero attached hydrogens (tertiary/aromatic N) is 2. The van der Waals surface area contributed by atoms with E-state index in [1.54, 1.807) is 30.5 Å². The smallest absolute Gasteiger partial charge is 0.339 e. The summed E-state index contributed by atoms with van der Waals surface area (Å²) < 4.78 is 5.69. The number of aromatic carboxylic acids is 1. The van der Waals surface area contributed by atoms with E-state index in [2.05, 4.69) is 15.3 Å². The zero-order valence-electron chi connectivity index (χ0n) is 22.1. The second kappa shape index (κ2) is 12.4. The first-order valence-corrected chi connectivity index (χ1v) is 12.5. The van der Waals surface area contributed by atoms with Gasteiger partial charge in [-0.2, -0.15) is 0 Å². The number of carboxylic acids is 1. The number of H-pyrrole nitrogens is 1. The number of benzene rings is 2. The van der Waals surface area contributed by atoms with Crippen molar-refractivity contribution < 1.29 is 24.4 Å². The lowest BCUT2D eigenvalue weighted by molar-refractivity contribution is -0.384. The maximum atomic E-state index is 12.9. The van der Waals surface area contributed by atoms with Gasteiger partial charge in [0.05, 0.1) is 29.5 Å². The molecule has 1 heterocycles. The lowest BCUT2D eigenvalue weighted by Gasteiger charge is -2.23. The Balaban J connectivity index is 1.89.